The van der Waals surface area contributed by atoms with Gasteiger partial charge in [0.1, 0.15) is 48.6 Å². The summed E-state index contributed by atoms with van der Waals surface area (Å²) in [5, 5.41) is 39.0. The Morgan fingerprint density at radius 1 is 0.952 bits per heavy atom. The maximum absolute atomic E-state index is 12.8. The monoisotopic (exact) mass is 603 g/mol. The molecule has 17 heteroatoms. The van der Waals surface area contributed by atoms with Gasteiger partial charge in [-0.25, -0.2) is 9.59 Å². The number of nitrogens with two attached hydrogens (primary N) is 1. The minimum atomic E-state index is -1.50. The smallest absolute Gasteiger partial charge is 0.326 e. The molecule has 9 N–H and O–H groups in total. The number of aliphatic hydroxyl groups is 1. The minimum Gasteiger partial charge on any atom is -0.480 e. The molecule has 0 radical (unpaired) electrons. The topological polar surface area (TPSA) is 265 Å². The fraction of sp³-hybridized carbons (Fsp3) is 0.760. The summed E-state index contributed by atoms with van der Waals surface area (Å²) in [6, 6.07) is -4.77. The van der Waals surface area contributed by atoms with Crippen LogP contribution in [0.4, 0.5) is 0 Å². The lowest BCUT2D eigenvalue weighted by molar-refractivity contribution is -0.209. The van der Waals surface area contributed by atoms with Gasteiger partial charge in [0.2, 0.25) is 23.6 Å². The van der Waals surface area contributed by atoms with Gasteiger partial charge in [-0.05, 0) is 46.1 Å². The van der Waals surface area contributed by atoms with Crippen molar-refractivity contribution in [2.24, 2.45) is 5.73 Å². The molecule has 2 aliphatic heterocycles. The van der Waals surface area contributed by atoms with Gasteiger partial charge < -0.3 is 56.5 Å². The number of unbranched alkanes of at least 4 members (excludes halogenated alkanes) is 1. The second-order valence-electron chi connectivity index (χ2n) is 10.2. The largest absolute Gasteiger partial charge is 0.480 e. The van der Waals surface area contributed by atoms with Gasteiger partial charge in [0.05, 0.1) is 6.61 Å². The van der Waals surface area contributed by atoms with Crippen molar-refractivity contribution in [1.82, 2.24) is 21.3 Å². The van der Waals surface area contributed by atoms with Crippen molar-refractivity contribution in [2.45, 2.75) is 108 Å². The Kier molecular flexibility index (Phi) is 13.5. The predicted octanol–water partition coefficient (Wildman–Crippen LogP) is -3.07. The molecule has 2 aliphatic rings. The molecule has 42 heavy (non-hydrogen) atoms. The summed E-state index contributed by atoms with van der Waals surface area (Å²) in [4.78, 5) is 72.3. The van der Waals surface area contributed by atoms with Gasteiger partial charge in [0.15, 0.2) is 6.29 Å². The van der Waals surface area contributed by atoms with Crippen LogP contribution in [0.25, 0.3) is 0 Å². The molecule has 0 aromatic heterocycles. The Hall–Kier alpha value is -3.38. The first-order valence-electron chi connectivity index (χ1n) is 13.7. The van der Waals surface area contributed by atoms with E-state index in [1.165, 1.54) is 20.8 Å². The second kappa shape index (κ2) is 16.3. The van der Waals surface area contributed by atoms with E-state index in [-0.39, 0.29) is 25.9 Å². The molecule has 0 aromatic rings. The van der Waals surface area contributed by atoms with Crippen molar-refractivity contribution in [3.8, 4) is 0 Å². The lowest BCUT2D eigenvalue weighted by Crippen LogP contribution is -2.62. The van der Waals surface area contributed by atoms with Crippen LogP contribution in [0, 0.1) is 0 Å². The van der Waals surface area contributed by atoms with Crippen LogP contribution < -0.4 is 27.0 Å². The summed E-state index contributed by atoms with van der Waals surface area (Å²) in [5.41, 5.74) is 5.39. The third kappa shape index (κ3) is 10.2. The highest BCUT2D eigenvalue weighted by molar-refractivity contribution is 5.91. The molecule has 2 rings (SSSR count). The molecule has 9 atom stereocenters. The van der Waals surface area contributed by atoms with E-state index in [0.29, 0.717) is 19.4 Å². The highest BCUT2D eigenvalue weighted by Crippen LogP contribution is 2.30. The van der Waals surface area contributed by atoms with Crippen LogP contribution in [0.15, 0.2) is 0 Å². The number of amides is 4. The number of carbonyl (C=O) groups is 6. The van der Waals surface area contributed by atoms with Gasteiger partial charge in [0.25, 0.3) is 0 Å². The third-order valence-electron chi connectivity index (χ3n) is 6.81. The summed E-state index contributed by atoms with van der Waals surface area (Å²) >= 11 is 0. The first-order chi connectivity index (χ1) is 19.7. The Morgan fingerprint density at radius 2 is 1.60 bits per heavy atom. The van der Waals surface area contributed by atoms with Crippen LogP contribution in [0.2, 0.25) is 0 Å². The average Bonchev–Trinajstić information content (AvgIpc) is 3.37. The van der Waals surface area contributed by atoms with E-state index in [2.05, 4.69) is 21.3 Å². The quantitative estimate of drug-likeness (QED) is 0.0768. The van der Waals surface area contributed by atoms with Crippen molar-refractivity contribution >= 4 is 35.6 Å². The minimum absolute atomic E-state index is 0.0703. The van der Waals surface area contributed by atoms with E-state index in [4.69, 9.17) is 19.9 Å². The molecular weight excluding hydrogens is 562 g/mol. The Morgan fingerprint density at radius 3 is 2.19 bits per heavy atom. The normalized spacial score (nSPS) is 25.8. The molecule has 0 aliphatic carbocycles. The molecule has 0 spiro atoms. The van der Waals surface area contributed by atoms with Gasteiger partial charge in [-0.15, -0.1) is 0 Å². The standard InChI is InChI=1S/C25H41N5O12/c1-11(21(34)30-15(24(38)39)7-8-17(32)29-14(23(36)37)6-4-5-9-26)27-22(35)12(2)41-20-18(28-13(3)31)25-40-10-16(42-25)19(20)33/h11-12,14-16,18-20,25,33H,4-10,26H2,1-3H3,(H,27,35)(H,28,31)(H,29,32)(H,30,34)(H,36,37)(H,38,39)/t11-,12+,14-,15+,16+,18+,19+,20+,25+/m0/s1. The summed E-state index contributed by atoms with van der Waals surface area (Å²) in [5.74, 6) is -5.42. The number of carboxylic acids is 2. The van der Waals surface area contributed by atoms with Crippen LogP contribution in [0.1, 0.15) is 52.9 Å². The SMILES string of the molecule is CC(=O)N[C@H]1[C@@H]2OC[C@@H](O2)[C@@H](O)[C@@H]1O[C@H](C)C(=O)N[C@@H](C)C(=O)N[C@H](CCC(=O)N[C@@H](CCCCN)C(=O)O)C(=O)O. The number of rotatable bonds is 17. The van der Waals surface area contributed by atoms with Gasteiger partial charge in [0, 0.05) is 13.3 Å². The molecule has 0 saturated carbocycles. The zero-order valence-corrected chi connectivity index (χ0v) is 23.7. The van der Waals surface area contributed by atoms with Crippen LogP contribution in [0.3, 0.4) is 0 Å². The second-order valence-corrected chi connectivity index (χ2v) is 10.2. The fourth-order valence-corrected chi connectivity index (χ4v) is 4.48. The first kappa shape index (κ1) is 34.8. The number of hydrogen-bond acceptors (Lipinski definition) is 11. The summed E-state index contributed by atoms with van der Waals surface area (Å²) in [6.07, 6.45) is -4.58. The van der Waals surface area contributed by atoms with Crippen molar-refractivity contribution in [2.75, 3.05) is 13.2 Å². The lowest BCUT2D eigenvalue weighted by atomic mass is 9.98. The van der Waals surface area contributed by atoms with E-state index in [1.807, 2.05) is 0 Å². The number of aliphatic hydroxyl groups excluding tert-OH is 1. The van der Waals surface area contributed by atoms with Crippen molar-refractivity contribution in [3.63, 3.8) is 0 Å². The molecule has 0 aromatic carbocycles. The summed E-state index contributed by atoms with van der Waals surface area (Å²) in [6.45, 7) is 4.38. The molecule has 4 amide bonds. The van der Waals surface area contributed by atoms with Gasteiger partial charge in [-0.3, -0.25) is 19.2 Å². The highest BCUT2D eigenvalue weighted by atomic mass is 16.7. The molecule has 17 nitrogen and oxygen atoms in total. The van der Waals surface area contributed by atoms with Crippen LogP contribution in [0.5, 0.6) is 0 Å². The molecule has 2 saturated heterocycles. The van der Waals surface area contributed by atoms with Crippen molar-refractivity contribution in [1.29, 1.82) is 0 Å². The molecule has 2 bridgehead atoms. The van der Waals surface area contributed by atoms with Crippen LogP contribution in [-0.4, -0.2) is 119 Å². The zero-order chi connectivity index (χ0) is 31.6. The van der Waals surface area contributed by atoms with E-state index in [0.717, 1.165) is 0 Å². The zero-order valence-electron chi connectivity index (χ0n) is 23.7. The van der Waals surface area contributed by atoms with E-state index in [1.54, 1.807) is 0 Å². The number of ether oxygens (including phenoxy) is 3. The van der Waals surface area contributed by atoms with Gasteiger partial charge >= 0.3 is 11.9 Å². The lowest BCUT2D eigenvalue weighted by Gasteiger charge is -2.39. The van der Waals surface area contributed by atoms with E-state index >= 15 is 0 Å². The number of carbonyl (C=O) groups excluding carboxylic acids is 4. The fourth-order valence-electron chi connectivity index (χ4n) is 4.48. The summed E-state index contributed by atoms with van der Waals surface area (Å²) < 4.78 is 16.7. The summed E-state index contributed by atoms with van der Waals surface area (Å²) in [7, 11) is 0. The van der Waals surface area contributed by atoms with Crippen molar-refractivity contribution in [3.05, 3.63) is 0 Å². The number of nitrogens with one attached hydrogen (secondary N) is 4. The predicted molar refractivity (Wildman–Crippen MR) is 141 cm³/mol. The molecular formula is C25H41N5O12. The number of aliphatic carboxylic acids is 2. The molecule has 238 valence electrons. The van der Waals surface area contributed by atoms with Gasteiger partial charge in [-0.1, -0.05) is 0 Å². The van der Waals surface area contributed by atoms with Crippen LogP contribution in [-0.2, 0) is 43.0 Å². The maximum Gasteiger partial charge on any atom is 0.326 e. The van der Waals surface area contributed by atoms with Crippen LogP contribution >= 0.6 is 0 Å². The van der Waals surface area contributed by atoms with Crippen molar-refractivity contribution < 1.29 is 58.3 Å². The maximum atomic E-state index is 12.8. The first-order valence-corrected chi connectivity index (χ1v) is 13.7. The Labute approximate surface area is 242 Å². The molecule has 2 fully saturated rings. The Balaban J connectivity index is 1.89. The molecule has 0 unspecified atom stereocenters. The van der Waals surface area contributed by atoms with E-state index < -0.39 is 90.4 Å². The van der Waals surface area contributed by atoms with E-state index in [9.17, 15) is 44.1 Å². The molecule has 2 heterocycles. The average molecular weight is 604 g/mol. The number of carboxylic acid groups (broad SMARTS) is 2. The highest BCUT2D eigenvalue weighted by Gasteiger charge is 2.52. The third-order valence-corrected chi connectivity index (χ3v) is 6.81. The Bertz CT molecular complexity index is 997. The number of fused-ring (bicyclic) bond motifs is 2. The number of hydrogen-bond donors (Lipinski definition) is 8. The van der Waals surface area contributed by atoms with Gasteiger partial charge in [-0.2, -0.15) is 0 Å².